The number of para-hydroxylation sites is 2. The van der Waals surface area contributed by atoms with Gasteiger partial charge in [0.25, 0.3) is 10.0 Å². The van der Waals surface area contributed by atoms with Crippen LogP contribution in [-0.4, -0.2) is 49.9 Å². The number of amides is 2. The van der Waals surface area contributed by atoms with Gasteiger partial charge in [0.2, 0.25) is 11.8 Å². The number of nitrogens with one attached hydrogen (secondary N) is 1. The lowest BCUT2D eigenvalue weighted by Crippen LogP contribution is -2.54. The summed E-state index contributed by atoms with van der Waals surface area (Å²) in [5.74, 6) is -0.587. The number of sulfonamides is 1. The highest BCUT2D eigenvalue weighted by Gasteiger charge is 2.34. The Morgan fingerprint density at radius 1 is 1.00 bits per heavy atom. The van der Waals surface area contributed by atoms with Gasteiger partial charge in [-0.25, -0.2) is 8.42 Å². The van der Waals surface area contributed by atoms with Crippen LogP contribution in [0.3, 0.4) is 0 Å². The Morgan fingerprint density at radius 2 is 1.66 bits per heavy atom. The minimum Gasteiger partial charge on any atom is -0.492 e. The largest absolute Gasteiger partial charge is 0.492 e. The lowest BCUT2D eigenvalue weighted by Gasteiger charge is -2.33. The molecule has 0 fully saturated rings. The van der Waals surface area contributed by atoms with Gasteiger partial charge in [-0.2, -0.15) is 0 Å². The molecule has 2 amide bonds. The number of hydrogen-bond acceptors (Lipinski definition) is 5. The quantitative estimate of drug-likeness (QED) is 0.311. The Bertz CT molecular complexity index is 1470. The van der Waals surface area contributed by atoms with Gasteiger partial charge in [-0.15, -0.1) is 0 Å². The van der Waals surface area contributed by atoms with E-state index in [-0.39, 0.29) is 23.0 Å². The summed E-state index contributed by atoms with van der Waals surface area (Å²) in [6, 6.07) is 19.1. The van der Waals surface area contributed by atoms with Crippen molar-refractivity contribution < 1.29 is 22.7 Å². The van der Waals surface area contributed by atoms with E-state index in [0.29, 0.717) is 17.4 Å². The topological polar surface area (TPSA) is 96.0 Å². The Labute approximate surface area is 248 Å². The van der Waals surface area contributed by atoms with E-state index in [9.17, 15) is 18.0 Å². The summed E-state index contributed by atoms with van der Waals surface area (Å²) in [6.07, 6.45) is 0. The fourth-order valence-corrected chi connectivity index (χ4v) is 5.80. The molecule has 0 saturated heterocycles. The molecule has 0 bridgehead atoms. The Kier molecular flexibility index (Phi) is 10.4. The standard InChI is InChI=1S/C31H38ClN3O5S/c1-7-40-28-14-9-8-13-27(28)35(41(38,39)26-17-15-25(32)16-18-26)21-29(36)34(20-24-12-10-11-22(2)19-24)23(3)30(37)33-31(4,5)6/h8-19,23H,7,20-21H2,1-6H3,(H,33,37)/t23-/m1/s1. The number of nitrogens with zero attached hydrogens (tertiary/aromatic N) is 2. The average molecular weight is 600 g/mol. The lowest BCUT2D eigenvalue weighted by molar-refractivity contribution is -0.140. The Hall–Kier alpha value is -3.56. The van der Waals surface area contributed by atoms with Crippen LogP contribution in [0.15, 0.2) is 77.7 Å². The highest BCUT2D eigenvalue weighted by molar-refractivity contribution is 7.92. The molecule has 0 heterocycles. The van der Waals surface area contributed by atoms with Crippen molar-refractivity contribution in [3.05, 3.63) is 88.9 Å². The third kappa shape index (κ3) is 8.47. The fourth-order valence-electron chi connectivity index (χ4n) is 4.25. The first-order valence-corrected chi connectivity index (χ1v) is 15.2. The Morgan fingerprint density at radius 3 is 2.27 bits per heavy atom. The van der Waals surface area contributed by atoms with Crippen LogP contribution in [0.2, 0.25) is 5.02 Å². The predicted octanol–water partition coefficient (Wildman–Crippen LogP) is 5.57. The van der Waals surface area contributed by atoms with Crippen molar-refractivity contribution >= 4 is 39.1 Å². The van der Waals surface area contributed by atoms with E-state index < -0.39 is 34.1 Å². The monoisotopic (exact) mass is 599 g/mol. The number of rotatable bonds is 11. The van der Waals surface area contributed by atoms with Crippen molar-refractivity contribution in [1.82, 2.24) is 10.2 Å². The van der Waals surface area contributed by atoms with Crippen LogP contribution in [0.5, 0.6) is 5.75 Å². The van der Waals surface area contributed by atoms with E-state index in [4.69, 9.17) is 16.3 Å². The first-order chi connectivity index (χ1) is 19.2. The van der Waals surface area contributed by atoms with E-state index in [1.165, 1.54) is 29.2 Å². The van der Waals surface area contributed by atoms with Gasteiger partial charge < -0.3 is 15.0 Å². The summed E-state index contributed by atoms with van der Waals surface area (Å²) in [7, 11) is -4.25. The van der Waals surface area contributed by atoms with Crippen molar-refractivity contribution in [1.29, 1.82) is 0 Å². The molecule has 3 aromatic rings. The average Bonchev–Trinajstić information content (AvgIpc) is 2.90. The third-order valence-electron chi connectivity index (χ3n) is 6.22. The molecule has 1 atom stereocenters. The van der Waals surface area contributed by atoms with Crippen molar-refractivity contribution in [2.45, 2.75) is 64.6 Å². The molecule has 0 radical (unpaired) electrons. The second-order valence-electron chi connectivity index (χ2n) is 10.8. The predicted molar refractivity (Wildman–Crippen MR) is 163 cm³/mol. The van der Waals surface area contributed by atoms with Crippen LogP contribution >= 0.6 is 11.6 Å². The SMILES string of the molecule is CCOc1ccccc1N(CC(=O)N(Cc1cccc(C)c1)[C@H](C)C(=O)NC(C)(C)C)S(=O)(=O)c1ccc(Cl)cc1. The van der Waals surface area contributed by atoms with Crippen LogP contribution in [0.4, 0.5) is 5.69 Å². The van der Waals surface area contributed by atoms with E-state index in [2.05, 4.69) is 5.32 Å². The van der Waals surface area contributed by atoms with Gasteiger partial charge >= 0.3 is 0 Å². The normalized spacial score (nSPS) is 12.4. The second-order valence-corrected chi connectivity index (χ2v) is 13.1. The van der Waals surface area contributed by atoms with Crippen LogP contribution in [-0.2, 0) is 26.2 Å². The zero-order valence-electron chi connectivity index (χ0n) is 24.3. The summed E-state index contributed by atoms with van der Waals surface area (Å²) >= 11 is 6.02. The highest BCUT2D eigenvalue weighted by Crippen LogP contribution is 2.33. The zero-order valence-corrected chi connectivity index (χ0v) is 25.9. The maximum atomic E-state index is 14.1. The molecule has 10 heteroatoms. The molecule has 0 aliphatic carbocycles. The highest BCUT2D eigenvalue weighted by atomic mass is 35.5. The summed E-state index contributed by atoms with van der Waals surface area (Å²) in [5.41, 5.74) is 1.50. The van der Waals surface area contributed by atoms with Crippen molar-refractivity contribution in [3.8, 4) is 5.75 Å². The minimum absolute atomic E-state index is 0.0373. The lowest BCUT2D eigenvalue weighted by atomic mass is 10.1. The van der Waals surface area contributed by atoms with Gasteiger partial charge in [0.15, 0.2) is 0 Å². The van der Waals surface area contributed by atoms with Gasteiger partial charge in [0, 0.05) is 17.1 Å². The Balaban J connectivity index is 2.09. The number of ether oxygens (including phenoxy) is 1. The number of aryl methyl sites for hydroxylation is 1. The molecule has 0 saturated carbocycles. The molecule has 220 valence electrons. The van der Waals surface area contributed by atoms with Crippen LogP contribution in [0.1, 0.15) is 45.7 Å². The van der Waals surface area contributed by atoms with Gasteiger partial charge in [-0.05, 0) is 83.5 Å². The van der Waals surface area contributed by atoms with E-state index >= 15 is 0 Å². The molecule has 0 aliphatic heterocycles. The first kappa shape index (κ1) is 32.0. The fraction of sp³-hybridized carbons (Fsp3) is 0.355. The number of carbonyl (C=O) groups excluding carboxylic acids is 2. The van der Waals surface area contributed by atoms with E-state index in [0.717, 1.165) is 15.4 Å². The molecule has 1 N–H and O–H groups in total. The van der Waals surface area contributed by atoms with E-state index in [1.807, 2.05) is 52.0 Å². The molecule has 0 spiro atoms. The van der Waals surface area contributed by atoms with Crippen molar-refractivity contribution in [2.75, 3.05) is 17.5 Å². The zero-order chi connectivity index (χ0) is 30.4. The number of carbonyl (C=O) groups is 2. The van der Waals surface area contributed by atoms with Crippen molar-refractivity contribution in [3.63, 3.8) is 0 Å². The summed E-state index contributed by atoms with van der Waals surface area (Å²) in [6.45, 7) is 10.8. The number of anilines is 1. The number of hydrogen-bond donors (Lipinski definition) is 1. The molecule has 0 unspecified atom stereocenters. The van der Waals surface area contributed by atoms with E-state index in [1.54, 1.807) is 38.1 Å². The first-order valence-electron chi connectivity index (χ1n) is 13.4. The second kappa shape index (κ2) is 13.4. The van der Waals surface area contributed by atoms with Crippen molar-refractivity contribution in [2.24, 2.45) is 0 Å². The number of halogens is 1. The smallest absolute Gasteiger partial charge is 0.264 e. The summed E-state index contributed by atoms with van der Waals surface area (Å²) in [5, 5.41) is 3.31. The van der Waals surface area contributed by atoms with Gasteiger partial charge in [0.1, 0.15) is 18.3 Å². The third-order valence-corrected chi connectivity index (χ3v) is 8.24. The molecular weight excluding hydrogens is 562 g/mol. The van der Waals surface area contributed by atoms with Gasteiger partial charge in [-0.1, -0.05) is 53.6 Å². The molecular formula is C31H38ClN3O5S. The summed E-state index contributed by atoms with van der Waals surface area (Å²) < 4.78 is 34.8. The van der Waals surface area contributed by atoms with Gasteiger partial charge in [0.05, 0.1) is 17.2 Å². The van der Waals surface area contributed by atoms with Crippen LogP contribution < -0.4 is 14.4 Å². The van der Waals surface area contributed by atoms with Crippen LogP contribution in [0.25, 0.3) is 0 Å². The minimum atomic E-state index is -4.25. The molecule has 3 aromatic carbocycles. The summed E-state index contributed by atoms with van der Waals surface area (Å²) in [4.78, 5) is 28.7. The molecule has 41 heavy (non-hydrogen) atoms. The van der Waals surface area contributed by atoms with Gasteiger partial charge in [-0.3, -0.25) is 13.9 Å². The molecule has 0 aromatic heterocycles. The maximum Gasteiger partial charge on any atom is 0.264 e. The molecule has 8 nitrogen and oxygen atoms in total. The van der Waals surface area contributed by atoms with Crippen LogP contribution in [0, 0.1) is 6.92 Å². The molecule has 0 aliphatic rings. The molecule has 3 rings (SSSR count). The maximum absolute atomic E-state index is 14.1. The number of benzene rings is 3.